The fraction of sp³-hybridized carbons (Fsp3) is 0.111. The number of para-hydroxylation sites is 2. The number of imidazole rings is 1. The van der Waals surface area contributed by atoms with Crippen molar-refractivity contribution in [3.05, 3.63) is 127 Å². The topological polar surface area (TPSA) is 31.6 Å². The standard InChI is InChI=1S/C36H28N5/c1-36(2)29-10-6-9-28-27-16-14-24(21-33(27)41(34(28)29)35-30(36)11-7-17-37-35)40-31-12-5-4-8-25(31)26-15-13-23(20-32(26)40)39-19-18-38(3)22-39/h4-22H,1-3H3/q+1. The quantitative estimate of drug-likeness (QED) is 0.213. The van der Waals surface area contributed by atoms with Gasteiger partial charge in [-0.1, -0.05) is 62.4 Å². The fourth-order valence-corrected chi connectivity index (χ4v) is 7.13. The van der Waals surface area contributed by atoms with Gasteiger partial charge < -0.3 is 4.57 Å². The molecule has 0 saturated carbocycles. The molecule has 8 aromatic rings. The largest absolute Gasteiger partial charge is 0.309 e. The van der Waals surface area contributed by atoms with E-state index in [9.17, 15) is 0 Å². The monoisotopic (exact) mass is 530 g/mol. The number of nitrogens with zero attached hydrogens (tertiary/aromatic N) is 5. The summed E-state index contributed by atoms with van der Waals surface area (Å²) in [6.07, 6.45) is 8.18. The Morgan fingerprint density at radius 3 is 2.22 bits per heavy atom. The molecule has 0 saturated heterocycles. The predicted molar refractivity (Wildman–Crippen MR) is 166 cm³/mol. The average molecular weight is 531 g/mol. The third kappa shape index (κ3) is 2.90. The first-order valence-electron chi connectivity index (χ1n) is 14.1. The van der Waals surface area contributed by atoms with Crippen LogP contribution in [-0.4, -0.2) is 18.7 Å². The SMILES string of the molecule is C[n+]1ccn(-c2ccc3c4ccccc4n(-c4ccc5c6cccc7c6n(c5c4)-c4ncccc4C7(C)C)c3c2)c1. The van der Waals surface area contributed by atoms with Gasteiger partial charge in [0, 0.05) is 50.5 Å². The summed E-state index contributed by atoms with van der Waals surface area (Å²) in [7, 11) is 2.05. The van der Waals surface area contributed by atoms with Crippen LogP contribution in [0.2, 0.25) is 0 Å². The molecule has 0 radical (unpaired) electrons. The summed E-state index contributed by atoms with van der Waals surface area (Å²) in [4.78, 5) is 4.95. The highest BCUT2D eigenvalue weighted by Crippen LogP contribution is 2.47. The highest BCUT2D eigenvalue weighted by Gasteiger charge is 2.35. The van der Waals surface area contributed by atoms with Gasteiger partial charge in [0.1, 0.15) is 23.9 Å². The molecule has 1 aliphatic heterocycles. The molecule has 0 atom stereocenters. The second-order valence-corrected chi connectivity index (χ2v) is 11.8. The summed E-state index contributed by atoms with van der Waals surface area (Å²) in [5.74, 6) is 1.03. The first kappa shape index (κ1) is 22.6. The molecule has 41 heavy (non-hydrogen) atoms. The maximum atomic E-state index is 4.95. The number of pyridine rings is 1. The molecule has 5 nitrogen and oxygen atoms in total. The molecular formula is C36H28N5+. The van der Waals surface area contributed by atoms with Crippen molar-refractivity contribution in [2.45, 2.75) is 19.3 Å². The number of rotatable bonds is 2. The maximum Gasteiger partial charge on any atom is 0.248 e. The Hall–Kier alpha value is -5.16. The molecule has 0 spiro atoms. The summed E-state index contributed by atoms with van der Waals surface area (Å²) in [6.45, 7) is 4.63. The van der Waals surface area contributed by atoms with E-state index in [0.29, 0.717) is 0 Å². The third-order valence-corrected chi connectivity index (χ3v) is 9.10. The average Bonchev–Trinajstić information content (AvgIpc) is 3.67. The third-order valence-electron chi connectivity index (χ3n) is 9.10. The molecule has 1 aliphatic rings. The van der Waals surface area contributed by atoms with Crippen molar-refractivity contribution < 1.29 is 4.57 Å². The van der Waals surface area contributed by atoms with Gasteiger partial charge in [0.2, 0.25) is 6.33 Å². The van der Waals surface area contributed by atoms with Crippen LogP contribution in [0.5, 0.6) is 0 Å². The van der Waals surface area contributed by atoms with Crippen molar-refractivity contribution in [1.82, 2.24) is 18.7 Å². The van der Waals surface area contributed by atoms with Crippen LogP contribution in [0.3, 0.4) is 0 Å². The van der Waals surface area contributed by atoms with E-state index in [1.807, 2.05) is 6.20 Å². The Kier molecular flexibility index (Phi) is 4.27. The molecule has 5 heterocycles. The lowest BCUT2D eigenvalue weighted by molar-refractivity contribution is -0.670. The summed E-state index contributed by atoms with van der Waals surface area (Å²) in [6, 6.07) is 33.4. The van der Waals surface area contributed by atoms with Gasteiger partial charge in [-0.25, -0.2) is 14.1 Å². The number of hydrogen-bond acceptors (Lipinski definition) is 1. The van der Waals surface area contributed by atoms with Gasteiger partial charge in [0.25, 0.3) is 0 Å². The Labute approximate surface area is 237 Å². The second-order valence-electron chi connectivity index (χ2n) is 11.8. The molecule has 0 unspecified atom stereocenters. The van der Waals surface area contributed by atoms with Crippen molar-refractivity contribution in [1.29, 1.82) is 0 Å². The molecule has 196 valence electrons. The van der Waals surface area contributed by atoms with Gasteiger partial charge in [-0.3, -0.25) is 4.57 Å². The van der Waals surface area contributed by atoms with E-state index in [1.54, 1.807) is 0 Å². The smallest absolute Gasteiger partial charge is 0.248 e. The van der Waals surface area contributed by atoms with E-state index >= 15 is 0 Å². The van der Waals surface area contributed by atoms with Gasteiger partial charge in [-0.2, -0.15) is 0 Å². The van der Waals surface area contributed by atoms with E-state index in [0.717, 1.165) is 17.2 Å². The molecular weight excluding hydrogens is 502 g/mol. The maximum absolute atomic E-state index is 4.95. The van der Waals surface area contributed by atoms with Gasteiger partial charge in [0.15, 0.2) is 0 Å². The highest BCUT2D eigenvalue weighted by atomic mass is 15.1. The number of benzene rings is 4. The minimum Gasteiger partial charge on any atom is -0.309 e. The minimum atomic E-state index is -0.130. The van der Waals surface area contributed by atoms with Crippen LogP contribution in [0.15, 0.2) is 116 Å². The van der Waals surface area contributed by atoms with Crippen LogP contribution >= 0.6 is 0 Å². The van der Waals surface area contributed by atoms with Gasteiger partial charge in [-0.05, 0) is 42.0 Å². The lowest BCUT2D eigenvalue weighted by atomic mass is 9.76. The Morgan fingerprint density at radius 1 is 0.659 bits per heavy atom. The Bertz CT molecular complexity index is 2360. The predicted octanol–water partition coefficient (Wildman–Crippen LogP) is 7.53. The van der Waals surface area contributed by atoms with Gasteiger partial charge >= 0.3 is 0 Å². The Balaban J connectivity index is 1.39. The molecule has 9 rings (SSSR count). The molecule has 5 heteroatoms. The van der Waals surface area contributed by atoms with Crippen LogP contribution in [0, 0.1) is 0 Å². The Morgan fingerprint density at radius 2 is 1.37 bits per heavy atom. The van der Waals surface area contributed by atoms with Crippen molar-refractivity contribution in [3.8, 4) is 17.2 Å². The van der Waals surface area contributed by atoms with Crippen molar-refractivity contribution in [2.24, 2.45) is 7.05 Å². The van der Waals surface area contributed by atoms with Crippen molar-refractivity contribution in [2.75, 3.05) is 0 Å². The lowest BCUT2D eigenvalue weighted by Crippen LogP contribution is -2.26. The number of aromatic nitrogens is 5. The van der Waals surface area contributed by atoms with Crippen LogP contribution in [0.1, 0.15) is 25.0 Å². The zero-order valence-corrected chi connectivity index (χ0v) is 23.2. The zero-order valence-electron chi connectivity index (χ0n) is 23.2. The molecule has 0 aliphatic carbocycles. The number of aryl methyl sites for hydroxylation is 1. The van der Waals surface area contributed by atoms with Crippen LogP contribution in [-0.2, 0) is 12.5 Å². The number of fused-ring (bicyclic) bond motifs is 8. The molecule has 4 aromatic heterocycles. The summed E-state index contributed by atoms with van der Waals surface area (Å²) >= 11 is 0. The molecule has 0 fully saturated rings. The van der Waals surface area contributed by atoms with Gasteiger partial charge in [0.05, 0.1) is 29.1 Å². The van der Waals surface area contributed by atoms with Crippen molar-refractivity contribution in [3.63, 3.8) is 0 Å². The van der Waals surface area contributed by atoms with E-state index in [-0.39, 0.29) is 5.41 Å². The number of hydrogen-bond donors (Lipinski definition) is 0. The molecule has 0 amide bonds. The summed E-state index contributed by atoms with van der Waals surface area (Å²) < 4.78 is 9.04. The van der Waals surface area contributed by atoms with Crippen molar-refractivity contribution >= 4 is 43.6 Å². The highest BCUT2D eigenvalue weighted by molar-refractivity contribution is 6.13. The fourth-order valence-electron chi connectivity index (χ4n) is 7.13. The van der Waals surface area contributed by atoms with Crippen LogP contribution in [0.25, 0.3) is 60.8 Å². The summed E-state index contributed by atoms with van der Waals surface area (Å²) in [5, 5.41) is 5.03. The molecule has 0 N–H and O–H groups in total. The van der Waals surface area contributed by atoms with E-state index in [1.165, 1.54) is 54.7 Å². The normalized spacial score (nSPS) is 13.9. The van der Waals surface area contributed by atoms with Gasteiger partial charge in [-0.15, -0.1) is 0 Å². The summed E-state index contributed by atoms with van der Waals surface area (Å²) in [5.41, 5.74) is 9.58. The minimum absolute atomic E-state index is 0.130. The molecule has 4 aromatic carbocycles. The second kappa shape index (κ2) is 7.73. The zero-order chi connectivity index (χ0) is 27.5. The van der Waals surface area contributed by atoms with E-state index in [4.69, 9.17) is 4.98 Å². The first-order valence-corrected chi connectivity index (χ1v) is 14.1. The lowest BCUT2D eigenvalue weighted by Gasteiger charge is -2.33. The first-order chi connectivity index (χ1) is 20.0. The molecule has 0 bridgehead atoms. The van der Waals surface area contributed by atoms with Crippen LogP contribution in [0.4, 0.5) is 0 Å². The van der Waals surface area contributed by atoms with Crippen LogP contribution < -0.4 is 4.57 Å². The van der Waals surface area contributed by atoms with E-state index in [2.05, 4.69) is 149 Å². The van der Waals surface area contributed by atoms with E-state index < -0.39 is 0 Å².